The van der Waals surface area contributed by atoms with Crippen molar-refractivity contribution in [2.75, 3.05) is 0 Å². The summed E-state index contributed by atoms with van der Waals surface area (Å²) in [4.78, 5) is 29.9. The number of phenolic OH excluding ortho intramolecular Hbond substituents is 1. The molecule has 202 valence electrons. The first-order chi connectivity index (χ1) is 19.2. The van der Waals surface area contributed by atoms with Crippen molar-refractivity contribution in [2.45, 2.75) is 32.2 Å². The fraction of sp³-hybridized carbons (Fsp3) is 0.161. The highest BCUT2D eigenvalue weighted by molar-refractivity contribution is 5.94. The number of carbonyl (C=O) groups is 2. The summed E-state index contributed by atoms with van der Waals surface area (Å²) in [5.74, 6) is -2.69. The van der Waals surface area contributed by atoms with Crippen molar-refractivity contribution in [3.05, 3.63) is 113 Å². The molecule has 9 heteroatoms. The van der Waals surface area contributed by atoms with Crippen molar-refractivity contribution in [3.8, 4) is 16.9 Å². The van der Waals surface area contributed by atoms with Gasteiger partial charge in [0, 0.05) is 47.2 Å². The SMILES string of the molecule is Cc1nn(CC(=O)C[C@@H](Cc2cc(F)cc(F)c2)c2ncccc2-c2cccc(C(N)=O)c2)c2cc(O)ccc12. The number of benzene rings is 3. The predicted molar refractivity (Wildman–Crippen MR) is 147 cm³/mol. The quantitative estimate of drug-likeness (QED) is 0.257. The summed E-state index contributed by atoms with van der Waals surface area (Å²) in [7, 11) is 0. The highest BCUT2D eigenvalue weighted by Gasteiger charge is 2.24. The van der Waals surface area contributed by atoms with Crippen molar-refractivity contribution in [2.24, 2.45) is 5.73 Å². The van der Waals surface area contributed by atoms with Crippen LogP contribution in [-0.4, -0.2) is 31.6 Å². The summed E-state index contributed by atoms with van der Waals surface area (Å²) in [6.07, 6.45) is 1.73. The molecule has 0 fully saturated rings. The molecule has 0 aliphatic rings. The molecule has 0 aliphatic heterocycles. The number of phenols is 1. The van der Waals surface area contributed by atoms with Gasteiger partial charge < -0.3 is 10.8 Å². The highest BCUT2D eigenvalue weighted by Crippen LogP contribution is 2.33. The van der Waals surface area contributed by atoms with E-state index in [0.29, 0.717) is 33.5 Å². The Morgan fingerprint density at radius 1 is 1.00 bits per heavy atom. The van der Waals surface area contributed by atoms with Crippen LogP contribution in [-0.2, 0) is 17.8 Å². The first kappa shape index (κ1) is 26.7. The summed E-state index contributed by atoms with van der Waals surface area (Å²) < 4.78 is 29.7. The molecule has 3 aromatic carbocycles. The van der Waals surface area contributed by atoms with Gasteiger partial charge in [-0.05, 0) is 66.9 Å². The van der Waals surface area contributed by atoms with E-state index < -0.39 is 23.5 Å². The Morgan fingerprint density at radius 3 is 2.52 bits per heavy atom. The molecule has 2 aromatic heterocycles. The van der Waals surface area contributed by atoms with Crippen LogP contribution in [0.25, 0.3) is 22.0 Å². The predicted octanol–water partition coefficient (Wildman–Crippen LogP) is 5.48. The molecule has 5 rings (SSSR count). The molecule has 0 saturated carbocycles. The molecule has 0 saturated heterocycles. The Balaban J connectivity index is 1.53. The van der Waals surface area contributed by atoms with Crippen LogP contribution >= 0.6 is 0 Å². The van der Waals surface area contributed by atoms with Gasteiger partial charge in [-0.1, -0.05) is 18.2 Å². The van der Waals surface area contributed by atoms with Crippen LogP contribution in [0.15, 0.2) is 79.0 Å². The van der Waals surface area contributed by atoms with Crippen LogP contribution in [0.3, 0.4) is 0 Å². The number of aromatic hydroxyl groups is 1. The minimum Gasteiger partial charge on any atom is -0.508 e. The minimum absolute atomic E-state index is 0.00310. The van der Waals surface area contributed by atoms with Crippen LogP contribution in [0.1, 0.15) is 39.6 Å². The Morgan fingerprint density at radius 2 is 1.77 bits per heavy atom. The van der Waals surface area contributed by atoms with Gasteiger partial charge >= 0.3 is 0 Å². The fourth-order valence-corrected chi connectivity index (χ4v) is 5.06. The number of carbonyl (C=O) groups excluding carboxylic acids is 2. The van der Waals surface area contributed by atoms with E-state index >= 15 is 0 Å². The number of rotatable bonds is 9. The van der Waals surface area contributed by atoms with Gasteiger partial charge in [0.25, 0.3) is 0 Å². The molecule has 1 amide bonds. The van der Waals surface area contributed by atoms with E-state index in [0.717, 1.165) is 17.1 Å². The maximum absolute atomic E-state index is 14.1. The molecule has 0 spiro atoms. The molecule has 0 unspecified atom stereocenters. The third-order valence-corrected chi connectivity index (χ3v) is 6.81. The lowest BCUT2D eigenvalue weighted by Crippen LogP contribution is -2.18. The molecule has 3 N–H and O–H groups in total. The number of aryl methyl sites for hydroxylation is 1. The zero-order valence-electron chi connectivity index (χ0n) is 21.6. The van der Waals surface area contributed by atoms with Gasteiger partial charge in [0.1, 0.15) is 23.9 Å². The summed E-state index contributed by atoms with van der Waals surface area (Å²) in [6.45, 7) is 1.75. The second-order valence-electron chi connectivity index (χ2n) is 9.75. The number of aromatic nitrogens is 3. The number of hydrogen-bond donors (Lipinski definition) is 2. The van der Waals surface area contributed by atoms with Gasteiger partial charge in [0.15, 0.2) is 5.78 Å². The topological polar surface area (TPSA) is 111 Å². The molecule has 7 nitrogen and oxygen atoms in total. The average Bonchev–Trinajstić information content (AvgIpc) is 3.21. The number of halogens is 2. The van der Waals surface area contributed by atoms with Crippen molar-refractivity contribution in [3.63, 3.8) is 0 Å². The van der Waals surface area contributed by atoms with Gasteiger partial charge in [0.05, 0.1) is 16.9 Å². The average molecular weight is 541 g/mol. The summed E-state index contributed by atoms with van der Waals surface area (Å²) in [5, 5.41) is 15.3. The standard InChI is InChI=1S/C31H26F2N4O3/c1-18-27-8-7-25(38)16-29(27)37(36-18)17-26(39)14-22(10-19-11-23(32)15-24(33)12-19)30-28(6-3-9-35-30)20-4-2-5-21(13-20)31(34)40/h2-9,11-13,15-16,22,38H,10,14,17H2,1H3,(H2,34,40)/t22-/m1/s1. The lowest BCUT2D eigenvalue weighted by atomic mass is 9.86. The molecule has 40 heavy (non-hydrogen) atoms. The van der Waals surface area contributed by atoms with E-state index in [4.69, 9.17) is 5.73 Å². The largest absolute Gasteiger partial charge is 0.508 e. The number of Topliss-reactive ketones (excluding diaryl/α,β-unsaturated/α-hetero) is 1. The van der Waals surface area contributed by atoms with E-state index in [1.165, 1.54) is 12.1 Å². The maximum atomic E-state index is 14.1. The lowest BCUT2D eigenvalue weighted by molar-refractivity contribution is -0.120. The van der Waals surface area contributed by atoms with Gasteiger partial charge in [-0.3, -0.25) is 19.3 Å². The molecular formula is C31H26F2N4O3. The number of nitrogens with zero attached hydrogens (tertiary/aromatic N) is 3. The normalized spacial score (nSPS) is 12.0. The van der Waals surface area contributed by atoms with E-state index in [9.17, 15) is 23.5 Å². The lowest BCUT2D eigenvalue weighted by Gasteiger charge is -2.20. The number of amides is 1. The van der Waals surface area contributed by atoms with Gasteiger partial charge in [-0.2, -0.15) is 5.10 Å². The number of primary amides is 1. The van der Waals surface area contributed by atoms with Crippen molar-refractivity contribution in [1.29, 1.82) is 0 Å². The van der Waals surface area contributed by atoms with Crippen LogP contribution < -0.4 is 5.73 Å². The summed E-state index contributed by atoms with van der Waals surface area (Å²) in [5.41, 5.74) is 9.41. The molecule has 1 atom stereocenters. The van der Waals surface area contributed by atoms with E-state index in [-0.39, 0.29) is 30.9 Å². The molecule has 0 radical (unpaired) electrons. The second-order valence-corrected chi connectivity index (χ2v) is 9.75. The number of pyridine rings is 1. The summed E-state index contributed by atoms with van der Waals surface area (Å²) >= 11 is 0. The zero-order valence-corrected chi connectivity index (χ0v) is 21.6. The molecular weight excluding hydrogens is 514 g/mol. The van der Waals surface area contributed by atoms with Crippen molar-refractivity contribution < 1.29 is 23.5 Å². The van der Waals surface area contributed by atoms with Gasteiger partial charge in [-0.15, -0.1) is 0 Å². The first-order valence-corrected chi connectivity index (χ1v) is 12.7. The van der Waals surface area contributed by atoms with E-state index in [1.54, 1.807) is 59.4 Å². The zero-order chi connectivity index (χ0) is 28.4. The molecule has 0 aliphatic carbocycles. The van der Waals surface area contributed by atoms with E-state index in [2.05, 4.69) is 10.1 Å². The molecule has 0 bridgehead atoms. The Hall–Kier alpha value is -4.92. The number of hydrogen-bond acceptors (Lipinski definition) is 5. The Labute approximate surface area is 228 Å². The monoisotopic (exact) mass is 540 g/mol. The first-order valence-electron chi connectivity index (χ1n) is 12.7. The number of fused-ring (bicyclic) bond motifs is 1. The van der Waals surface area contributed by atoms with Crippen LogP contribution in [0.5, 0.6) is 5.75 Å². The second kappa shape index (κ2) is 11.1. The fourth-order valence-electron chi connectivity index (χ4n) is 5.06. The van der Waals surface area contributed by atoms with Gasteiger partial charge in [-0.25, -0.2) is 8.78 Å². The van der Waals surface area contributed by atoms with E-state index in [1.807, 2.05) is 13.0 Å². The van der Waals surface area contributed by atoms with Crippen LogP contribution in [0.4, 0.5) is 8.78 Å². The third kappa shape index (κ3) is 5.73. The maximum Gasteiger partial charge on any atom is 0.248 e. The van der Waals surface area contributed by atoms with Crippen LogP contribution in [0, 0.1) is 18.6 Å². The van der Waals surface area contributed by atoms with Crippen molar-refractivity contribution in [1.82, 2.24) is 14.8 Å². The minimum atomic E-state index is -0.714. The molecule has 5 aromatic rings. The van der Waals surface area contributed by atoms with Crippen molar-refractivity contribution >= 4 is 22.6 Å². The smallest absolute Gasteiger partial charge is 0.248 e. The Bertz CT molecular complexity index is 1730. The third-order valence-electron chi connectivity index (χ3n) is 6.81. The number of ketones is 1. The van der Waals surface area contributed by atoms with Gasteiger partial charge in [0.2, 0.25) is 5.91 Å². The highest BCUT2D eigenvalue weighted by atomic mass is 19.1. The molecule has 2 heterocycles. The Kier molecular flexibility index (Phi) is 7.37. The summed E-state index contributed by atoms with van der Waals surface area (Å²) in [6, 6.07) is 18.5. The van der Waals surface area contributed by atoms with Crippen LogP contribution in [0.2, 0.25) is 0 Å². The number of nitrogens with two attached hydrogens (primary N) is 1.